The van der Waals surface area contributed by atoms with Crippen LogP contribution < -0.4 is 15.2 Å². The Kier molecular flexibility index (Phi) is 3.68. The van der Waals surface area contributed by atoms with Gasteiger partial charge in [-0.3, -0.25) is 14.6 Å². The number of carbonyl (C=O) groups is 1. The number of nitrogens with one attached hydrogen (secondary N) is 2. The van der Waals surface area contributed by atoms with E-state index in [2.05, 4.69) is 25.9 Å². The lowest BCUT2D eigenvalue weighted by Gasteiger charge is -2.36. The van der Waals surface area contributed by atoms with Crippen molar-refractivity contribution < 1.29 is 9.53 Å². The third-order valence-electron chi connectivity index (χ3n) is 6.11. The number of carbonyl (C=O) groups excluding carboxylic acids is 1. The summed E-state index contributed by atoms with van der Waals surface area (Å²) >= 11 is 8.72. The van der Waals surface area contributed by atoms with Crippen LogP contribution in [0.3, 0.4) is 0 Å². The zero-order chi connectivity index (χ0) is 21.5. The largest absolute Gasteiger partial charge is 0.440 e. The lowest BCUT2D eigenvalue weighted by Crippen LogP contribution is -2.46. The van der Waals surface area contributed by atoms with E-state index < -0.39 is 11.0 Å². The number of hydrogen-bond donors (Lipinski definition) is 2. The highest BCUT2D eigenvalue weighted by Gasteiger charge is 2.59. The van der Waals surface area contributed by atoms with E-state index in [1.165, 1.54) is 0 Å². The van der Waals surface area contributed by atoms with Gasteiger partial charge in [0.25, 0.3) is 5.56 Å². The molecular weight excluding hydrogens is 478 g/mol. The number of aromatic amines is 2. The Hall–Kier alpha value is -3.23. The maximum Gasteiger partial charge on any atom is 0.260 e. The minimum absolute atomic E-state index is 0.136. The Bertz CT molecular complexity index is 1570. The first kappa shape index (κ1) is 18.5. The molecule has 0 saturated heterocycles. The molecule has 0 fully saturated rings. The summed E-state index contributed by atoms with van der Waals surface area (Å²) in [6.07, 6.45) is 0. The van der Waals surface area contributed by atoms with E-state index in [0.29, 0.717) is 16.9 Å². The number of ether oxygens (including phenoxy) is 1. The molecule has 3 heterocycles. The third-order valence-corrected chi connectivity index (χ3v) is 6.81. The fourth-order valence-electron chi connectivity index (χ4n) is 4.90. The van der Waals surface area contributed by atoms with Crippen LogP contribution in [-0.4, -0.2) is 22.9 Å². The number of benzene rings is 3. The second-order valence-corrected chi connectivity index (χ2v) is 8.97. The quantitative estimate of drug-likeness (QED) is 0.347. The van der Waals surface area contributed by atoms with Crippen molar-refractivity contribution in [2.45, 2.75) is 5.41 Å². The predicted molar refractivity (Wildman–Crippen MR) is 124 cm³/mol. The summed E-state index contributed by atoms with van der Waals surface area (Å²) in [4.78, 5) is 34.6. The Balaban J connectivity index is 1.90. The van der Waals surface area contributed by atoms with Gasteiger partial charge in [-0.25, -0.2) is 0 Å². The first-order valence-corrected chi connectivity index (χ1v) is 10.8. The molecule has 2 aliphatic rings. The van der Waals surface area contributed by atoms with Crippen molar-refractivity contribution >= 4 is 50.5 Å². The zero-order valence-electron chi connectivity index (χ0n) is 16.2. The van der Waals surface area contributed by atoms with Crippen molar-refractivity contribution in [2.75, 3.05) is 11.9 Å². The van der Waals surface area contributed by atoms with Gasteiger partial charge in [0.05, 0.1) is 0 Å². The number of fused-ring (bicyclic) bond motifs is 8. The predicted octanol–water partition coefficient (Wildman–Crippen LogP) is 4.76. The van der Waals surface area contributed by atoms with Gasteiger partial charge < -0.3 is 14.6 Å². The fourth-order valence-corrected chi connectivity index (χ4v) is 5.45. The van der Waals surface area contributed by atoms with Gasteiger partial charge in [0.2, 0.25) is 11.8 Å². The number of rotatable bonds is 0. The molecule has 0 radical (unpaired) electrons. The van der Waals surface area contributed by atoms with Crippen LogP contribution in [0, 0.1) is 4.77 Å². The summed E-state index contributed by atoms with van der Waals surface area (Å²) < 4.78 is 7.08. The molecule has 1 amide bonds. The summed E-state index contributed by atoms with van der Waals surface area (Å²) in [6.45, 7) is 0. The Labute approximate surface area is 189 Å². The molecule has 2 aliphatic heterocycles. The SMILES string of the molecule is CN1C(=O)C2(c3cc(Br)ccc31)c1c([nH]c(=S)[nH]c1=O)Oc1ccc3ccccc3c12. The summed E-state index contributed by atoms with van der Waals surface area (Å²) in [7, 11) is 1.73. The van der Waals surface area contributed by atoms with Gasteiger partial charge in [-0.15, -0.1) is 0 Å². The summed E-state index contributed by atoms with van der Waals surface area (Å²) in [5.74, 6) is 0.474. The average molecular weight is 492 g/mol. The normalized spacial score (nSPS) is 18.6. The van der Waals surface area contributed by atoms with E-state index in [4.69, 9.17) is 17.0 Å². The number of halogens is 1. The fraction of sp³-hybridized carbons (Fsp3) is 0.0870. The van der Waals surface area contributed by atoms with Crippen molar-refractivity contribution in [2.24, 2.45) is 0 Å². The second-order valence-electron chi connectivity index (χ2n) is 7.65. The highest BCUT2D eigenvalue weighted by molar-refractivity contribution is 9.10. The molecule has 1 aromatic heterocycles. The molecule has 0 saturated carbocycles. The second kappa shape index (κ2) is 6.15. The molecule has 8 heteroatoms. The van der Waals surface area contributed by atoms with E-state index in [9.17, 15) is 9.59 Å². The summed E-state index contributed by atoms with van der Waals surface area (Å²) in [5, 5.41) is 1.80. The molecule has 2 N–H and O–H groups in total. The number of likely N-dealkylation sites (N-methyl/N-ethyl adjacent to an activating group) is 1. The van der Waals surface area contributed by atoms with Gasteiger partial charge in [0, 0.05) is 28.3 Å². The van der Waals surface area contributed by atoms with E-state index in [-0.39, 0.29) is 22.1 Å². The first-order valence-electron chi connectivity index (χ1n) is 9.58. The molecular formula is C23H14BrN3O3S. The lowest BCUT2D eigenvalue weighted by atomic mass is 9.68. The molecule has 1 atom stereocenters. The lowest BCUT2D eigenvalue weighted by molar-refractivity contribution is -0.120. The molecule has 6 rings (SSSR count). The molecule has 3 aromatic carbocycles. The van der Waals surface area contributed by atoms with Crippen molar-refractivity contribution in [1.29, 1.82) is 0 Å². The number of aromatic nitrogens is 2. The molecule has 1 spiro atoms. The topological polar surface area (TPSA) is 78.2 Å². The van der Waals surface area contributed by atoms with Gasteiger partial charge in [-0.1, -0.05) is 46.3 Å². The molecule has 152 valence electrons. The van der Waals surface area contributed by atoms with E-state index in [1.54, 1.807) is 11.9 Å². The summed E-state index contributed by atoms with van der Waals surface area (Å²) in [5.41, 5.74) is 0.479. The molecule has 1 unspecified atom stereocenters. The Morgan fingerprint density at radius 2 is 1.84 bits per heavy atom. The maximum atomic E-state index is 14.1. The molecule has 0 aliphatic carbocycles. The van der Waals surface area contributed by atoms with Gasteiger partial charge in [0.1, 0.15) is 16.7 Å². The summed E-state index contributed by atoms with van der Waals surface area (Å²) in [6, 6.07) is 17.2. The average Bonchev–Trinajstić information content (AvgIpc) is 2.95. The number of amides is 1. The van der Waals surface area contributed by atoms with Crippen molar-refractivity contribution in [3.05, 3.63) is 90.9 Å². The van der Waals surface area contributed by atoms with Crippen molar-refractivity contribution in [3.8, 4) is 11.6 Å². The van der Waals surface area contributed by atoms with Crippen LogP contribution >= 0.6 is 28.1 Å². The van der Waals surface area contributed by atoms with E-state index in [0.717, 1.165) is 20.9 Å². The van der Waals surface area contributed by atoms with Gasteiger partial charge in [-0.05, 0) is 47.3 Å². The number of nitrogens with zero attached hydrogens (tertiary/aromatic N) is 1. The monoisotopic (exact) mass is 491 g/mol. The highest BCUT2D eigenvalue weighted by Crippen LogP contribution is 2.58. The van der Waals surface area contributed by atoms with Crippen LogP contribution in [0.4, 0.5) is 5.69 Å². The molecule has 6 nitrogen and oxygen atoms in total. The number of anilines is 1. The Morgan fingerprint density at radius 1 is 1.03 bits per heavy atom. The van der Waals surface area contributed by atoms with Gasteiger partial charge in [-0.2, -0.15) is 0 Å². The molecule has 4 aromatic rings. The molecule has 31 heavy (non-hydrogen) atoms. The van der Waals surface area contributed by atoms with Crippen LogP contribution in [0.5, 0.6) is 11.6 Å². The van der Waals surface area contributed by atoms with Crippen LogP contribution in [0.25, 0.3) is 10.8 Å². The number of H-pyrrole nitrogens is 2. The zero-order valence-corrected chi connectivity index (χ0v) is 18.6. The van der Waals surface area contributed by atoms with Crippen molar-refractivity contribution in [3.63, 3.8) is 0 Å². The van der Waals surface area contributed by atoms with Crippen LogP contribution in [0.15, 0.2) is 63.9 Å². The maximum absolute atomic E-state index is 14.1. The van der Waals surface area contributed by atoms with Crippen LogP contribution in [0.1, 0.15) is 16.7 Å². The minimum Gasteiger partial charge on any atom is -0.440 e. The van der Waals surface area contributed by atoms with Crippen LogP contribution in [-0.2, 0) is 10.2 Å². The number of hydrogen-bond acceptors (Lipinski definition) is 4. The van der Waals surface area contributed by atoms with Crippen molar-refractivity contribution in [1.82, 2.24) is 9.97 Å². The molecule has 0 bridgehead atoms. The third kappa shape index (κ3) is 2.23. The Morgan fingerprint density at radius 3 is 2.68 bits per heavy atom. The van der Waals surface area contributed by atoms with E-state index in [1.807, 2.05) is 54.6 Å². The smallest absolute Gasteiger partial charge is 0.260 e. The highest BCUT2D eigenvalue weighted by atomic mass is 79.9. The standard InChI is InChI=1S/C23H14BrN3O3S/c1-27-15-8-7-12(24)10-14(15)23(21(27)29)17-13-5-3-2-4-11(13)6-9-16(17)30-20-18(23)19(28)25-22(31)26-20/h2-10H,1H3,(H2,25,26,28,31). The van der Waals surface area contributed by atoms with E-state index >= 15 is 0 Å². The van der Waals surface area contributed by atoms with Gasteiger partial charge >= 0.3 is 0 Å². The van der Waals surface area contributed by atoms with Crippen LogP contribution in [0.2, 0.25) is 0 Å². The van der Waals surface area contributed by atoms with Gasteiger partial charge in [0.15, 0.2) is 4.77 Å². The minimum atomic E-state index is -1.38. The first-order chi connectivity index (χ1) is 14.9.